The van der Waals surface area contributed by atoms with Gasteiger partial charge in [0.15, 0.2) is 0 Å². The van der Waals surface area contributed by atoms with Crippen molar-refractivity contribution < 1.29 is 4.39 Å². The van der Waals surface area contributed by atoms with Gasteiger partial charge in [-0.05, 0) is 71.6 Å². The van der Waals surface area contributed by atoms with Gasteiger partial charge in [-0.15, -0.1) is 0 Å². The highest BCUT2D eigenvalue weighted by Crippen LogP contribution is 2.35. The van der Waals surface area contributed by atoms with E-state index in [4.69, 9.17) is 0 Å². The topological polar surface area (TPSA) is 57.4 Å². The SMILES string of the molecule is Cc1ccncc1-c1ccc2[nH]nc(-c3cc4c(-c5ccc(F)cc5)cccc4[nH]3)c2c1. The second-order valence-corrected chi connectivity index (χ2v) is 7.98. The quantitative estimate of drug-likeness (QED) is 0.329. The standard InChI is InChI=1S/C27H19FN4/c1-16-11-12-29-15-23(16)18-7-10-25-22(13-18)27(32-31-25)26-14-21-20(3-2-4-24(21)30-26)17-5-8-19(28)9-6-17/h2-15,30H,1H3,(H,31,32). The predicted octanol–water partition coefficient (Wildman–Crippen LogP) is 6.89. The molecule has 0 saturated heterocycles. The Morgan fingerprint density at radius 1 is 0.781 bits per heavy atom. The molecule has 0 amide bonds. The molecule has 0 saturated carbocycles. The molecule has 0 aliphatic heterocycles. The number of benzene rings is 3. The van der Waals surface area contributed by atoms with Gasteiger partial charge < -0.3 is 4.98 Å². The van der Waals surface area contributed by atoms with E-state index in [-0.39, 0.29) is 5.82 Å². The van der Waals surface area contributed by atoms with Gasteiger partial charge in [-0.3, -0.25) is 10.1 Å². The number of nitrogens with one attached hydrogen (secondary N) is 2. The number of pyridine rings is 1. The molecular formula is C27H19FN4. The minimum atomic E-state index is -0.238. The number of hydrogen-bond donors (Lipinski definition) is 2. The Morgan fingerprint density at radius 3 is 2.47 bits per heavy atom. The lowest BCUT2D eigenvalue weighted by Crippen LogP contribution is -1.85. The molecule has 6 aromatic rings. The van der Waals surface area contributed by atoms with Gasteiger partial charge in [0.2, 0.25) is 0 Å². The van der Waals surface area contributed by atoms with Gasteiger partial charge in [0.05, 0.1) is 11.2 Å². The first-order chi connectivity index (χ1) is 15.7. The Labute approximate surface area is 183 Å². The molecule has 3 heterocycles. The fourth-order valence-electron chi connectivity index (χ4n) is 4.32. The summed E-state index contributed by atoms with van der Waals surface area (Å²) in [5.74, 6) is -0.238. The van der Waals surface area contributed by atoms with Crippen LogP contribution in [0.4, 0.5) is 4.39 Å². The van der Waals surface area contributed by atoms with Crippen LogP contribution in [-0.2, 0) is 0 Å². The third-order valence-electron chi connectivity index (χ3n) is 5.99. The highest BCUT2D eigenvalue weighted by molar-refractivity contribution is 6.01. The zero-order valence-electron chi connectivity index (χ0n) is 17.4. The Morgan fingerprint density at radius 2 is 1.62 bits per heavy atom. The van der Waals surface area contributed by atoms with E-state index in [1.807, 2.05) is 42.7 Å². The van der Waals surface area contributed by atoms with Crippen LogP contribution in [0.2, 0.25) is 0 Å². The van der Waals surface area contributed by atoms with Crippen molar-refractivity contribution in [3.63, 3.8) is 0 Å². The van der Waals surface area contributed by atoms with Crippen LogP contribution in [0.5, 0.6) is 0 Å². The summed E-state index contributed by atoms with van der Waals surface area (Å²) in [5, 5.41) is 9.88. The molecule has 0 fully saturated rings. The molecule has 6 rings (SSSR count). The Kier molecular flexibility index (Phi) is 4.15. The number of halogens is 1. The van der Waals surface area contributed by atoms with E-state index in [1.165, 1.54) is 17.7 Å². The molecule has 154 valence electrons. The van der Waals surface area contributed by atoms with E-state index >= 15 is 0 Å². The second kappa shape index (κ2) is 7.17. The number of H-pyrrole nitrogens is 2. The van der Waals surface area contributed by atoms with Crippen LogP contribution in [0.25, 0.3) is 55.4 Å². The lowest BCUT2D eigenvalue weighted by molar-refractivity contribution is 0.628. The normalized spacial score (nSPS) is 11.4. The molecule has 3 aromatic carbocycles. The number of aromatic nitrogens is 4. The molecule has 3 aromatic heterocycles. The van der Waals surface area contributed by atoms with Gasteiger partial charge in [0.25, 0.3) is 0 Å². The number of fused-ring (bicyclic) bond motifs is 2. The lowest BCUT2D eigenvalue weighted by atomic mass is 10.00. The van der Waals surface area contributed by atoms with E-state index in [1.54, 1.807) is 0 Å². The van der Waals surface area contributed by atoms with E-state index in [0.29, 0.717) is 0 Å². The van der Waals surface area contributed by atoms with Crippen LogP contribution < -0.4 is 0 Å². The highest BCUT2D eigenvalue weighted by atomic mass is 19.1. The average molecular weight is 418 g/mol. The summed E-state index contributed by atoms with van der Waals surface area (Å²) in [5.41, 5.74) is 9.20. The summed E-state index contributed by atoms with van der Waals surface area (Å²) < 4.78 is 13.4. The molecule has 32 heavy (non-hydrogen) atoms. The summed E-state index contributed by atoms with van der Waals surface area (Å²) in [7, 11) is 0. The Balaban J connectivity index is 1.51. The fraction of sp³-hybridized carbons (Fsp3) is 0.0370. The first-order valence-corrected chi connectivity index (χ1v) is 10.4. The van der Waals surface area contributed by atoms with Crippen molar-refractivity contribution in [1.29, 1.82) is 0 Å². The molecule has 4 nitrogen and oxygen atoms in total. The summed E-state index contributed by atoms with van der Waals surface area (Å²) in [6.45, 7) is 2.09. The van der Waals surface area contributed by atoms with E-state index in [0.717, 1.165) is 55.4 Å². The first-order valence-electron chi connectivity index (χ1n) is 10.4. The van der Waals surface area contributed by atoms with Crippen LogP contribution in [0.3, 0.4) is 0 Å². The highest BCUT2D eigenvalue weighted by Gasteiger charge is 2.14. The number of rotatable bonds is 3. The molecule has 0 aliphatic carbocycles. The van der Waals surface area contributed by atoms with Gasteiger partial charge in [-0.1, -0.05) is 30.3 Å². The van der Waals surface area contributed by atoms with Crippen molar-refractivity contribution in [1.82, 2.24) is 20.2 Å². The van der Waals surface area contributed by atoms with Crippen molar-refractivity contribution in [2.75, 3.05) is 0 Å². The van der Waals surface area contributed by atoms with Gasteiger partial charge in [0, 0.05) is 34.2 Å². The predicted molar refractivity (Wildman–Crippen MR) is 127 cm³/mol. The number of aryl methyl sites for hydroxylation is 1. The van der Waals surface area contributed by atoms with E-state index in [2.05, 4.69) is 57.4 Å². The molecule has 2 N–H and O–H groups in total. The van der Waals surface area contributed by atoms with Crippen LogP contribution >= 0.6 is 0 Å². The zero-order valence-corrected chi connectivity index (χ0v) is 17.4. The Hall–Kier alpha value is -4.25. The first kappa shape index (κ1) is 18.5. The third kappa shape index (κ3) is 2.98. The summed E-state index contributed by atoms with van der Waals surface area (Å²) in [6, 6.07) is 23.1. The fourth-order valence-corrected chi connectivity index (χ4v) is 4.32. The summed E-state index contributed by atoms with van der Waals surface area (Å²) >= 11 is 0. The van der Waals surface area contributed by atoms with Gasteiger partial charge in [0.1, 0.15) is 11.5 Å². The minimum absolute atomic E-state index is 0.238. The lowest BCUT2D eigenvalue weighted by Gasteiger charge is -2.05. The third-order valence-corrected chi connectivity index (χ3v) is 5.99. The zero-order chi connectivity index (χ0) is 21.7. The summed E-state index contributed by atoms with van der Waals surface area (Å²) in [4.78, 5) is 7.80. The van der Waals surface area contributed by atoms with Crippen LogP contribution in [-0.4, -0.2) is 20.2 Å². The molecule has 0 bridgehead atoms. The van der Waals surface area contributed by atoms with Crippen molar-refractivity contribution in [3.05, 3.63) is 96.6 Å². The monoisotopic (exact) mass is 418 g/mol. The largest absolute Gasteiger partial charge is 0.353 e. The average Bonchev–Trinajstić information content (AvgIpc) is 3.43. The molecule has 0 spiro atoms. The second-order valence-electron chi connectivity index (χ2n) is 7.98. The number of hydrogen-bond acceptors (Lipinski definition) is 2. The van der Waals surface area contributed by atoms with Crippen molar-refractivity contribution in [2.24, 2.45) is 0 Å². The van der Waals surface area contributed by atoms with Gasteiger partial charge in [-0.2, -0.15) is 5.10 Å². The van der Waals surface area contributed by atoms with Crippen LogP contribution in [0.1, 0.15) is 5.56 Å². The van der Waals surface area contributed by atoms with Crippen LogP contribution in [0.15, 0.2) is 85.2 Å². The van der Waals surface area contributed by atoms with Crippen molar-refractivity contribution in [2.45, 2.75) is 6.92 Å². The molecular weight excluding hydrogens is 399 g/mol. The van der Waals surface area contributed by atoms with Gasteiger partial charge in [-0.25, -0.2) is 4.39 Å². The molecule has 5 heteroatoms. The molecule has 0 atom stereocenters. The Bertz CT molecular complexity index is 1590. The summed E-state index contributed by atoms with van der Waals surface area (Å²) in [6.07, 6.45) is 3.71. The number of aromatic amines is 2. The van der Waals surface area contributed by atoms with Crippen molar-refractivity contribution in [3.8, 4) is 33.6 Å². The maximum atomic E-state index is 13.4. The van der Waals surface area contributed by atoms with Crippen LogP contribution in [0, 0.1) is 12.7 Å². The van der Waals surface area contributed by atoms with E-state index < -0.39 is 0 Å². The maximum absolute atomic E-state index is 13.4. The number of nitrogens with zero attached hydrogens (tertiary/aromatic N) is 2. The molecule has 0 unspecified atom stereocenters. The van der Waals surface area contributed by atoms with Gasteiger partial charge >= 0.3 is 0 Å². The maximum Gasteiger partial charge on any atom is 0.123 e. The molecule has 0 aliphatic rings. The minimum Gasteiger partial charge on any atom is -0.353 e. The van der Waals surface area contributed by atoms with Crippen molar-refractivity contribution >= 4 is 21.8 Å². The smallest absolute Gasteiger partial charge is 0.123 e. The molecule has 0 radical (unpaired) electrons. The van der Waals surface area contributed by atoms with E-state index in [9.17, 15) is 4.39 Å².